The zero-order valence-electron chi connectivity index (χ0n) is 9.30. The smallest absolute Gasteiger partial charge is 0.276 e. The lowest BCUT2D eigenvalue weighted by molar-refractivity contribution is -0.385. The Balaban J connectivity index is 2.81. The summed E-state index contributed by atoms with van der Waals surface area (Å²) >= 11 is 5.78. The van der Waals surface area contributed by atoms with Crippen LogP contribution in [0.1, 0.15) is 12.5 Å². The fourth-order valence-corrected chi connectivity index (χ4v) is 1.33. The summed E-state index contributed by atoms with van der Waals surface area (Å²) in [6.45, 7) is 2.32. The Bertz CT molecular complexity index is 455. The third-order valence-corrected chi connectivity index (χ3v) is 2.19. The van der Waals surface area contributed by atoms with Crippen LogP contribution in [-0.4, -0.2) is 11.5 Å². The van der Waals surface area contributed by atoms with Gasteiger partial charge in [0.25, 0.3) is 5.69 Å². The maximum atomic E-state index is 10.7. The van der Waals surface area contributed by atoms with Crippen LogP contribution in [0.5, 0.6) is 0 Å². The Kier molecular flexibility index (Phi) is 5.23. The minimum absolute atomic E-state index is 0.000263. The Hall–Kier alpha value is -1.81. The van der Waals surface area contributed by atoms with Crippen LogP contribution in [0, 0.1) is 10.1 Å². The molecule has 0 aromatic heterocycles. The van der Waals surface area contributed by atoms with Crippen molar-refractivity contribution in [2.24, 2.45) is 0 Å². The third kappa shape index (κ3) is 4.28. The van der Waals surface area contributed by atoms with Gasteiger partial charge in [0.05, 0.1) is 16.7 Å². The molecule has 1 aromatic rings. The van der Waals surface area contributed by atoms with E-state index in [2.05, 4.69) is 0 Å². The molecule has 0 aliphatic heterocycles. The van der Waals surface area contributed by atoms with Gasteiger partial charge >= 0.3 is 0 Å². The highest BCUT2D eigenvalue weighted by atomic mass is 35.5. The Morgan fingerprint density at radius 3 is 2.94 bits per heavy atom. The molecule has 0 N–H and O–H groups in total. The van der Waals surface area contributed by atoms with E-state index in [1.807, 2.05) is 19.1 Å². The van der Waals surface area contributed by atoms with Gasteiger partial charge in [0.2, 0.25) is 0 Å². The molecule has 5 heteroatoms. The Morgan fingerprint density at radius 1 is 1.53 bits per heavy atom. The number of nitro benzene ring substituents is 1. The van der Waals surface area contributed by atoms with Crippen LogP contribution in [0.3, 0.4) is 0 Å². The molecule has 0 radical (unpaired) electrons. The summed E-state index contributed by atoms with van der Waals surface area (Å²) in [5.41, 5.74) is 0.420. The highest BCUT2D eigenvalue weighted by Crippen LogP contribution is 2.23. The van der Waals surface area contributed by atoms with Gasteiger partial charge in [-0.1, -0.05) is 23.8 Å². The van der Waals surface area contributed by atoms with E-state index in [1.165, 1.54) is 30.5 Å². The van der Waals surface area contributed by atoms with Crippen molar-refractivity contribution < 1.29 is 9.66 Å². The van der Waals surface area contributed by atoms with Gasteiger partial charge in [-0.2, -0.15) is 0 Å². The zero-order chi connectivity index (χ0) is 12.7. The van der Waals surface area contributed by atoms with Crippen molar-refractivity contribution in [3.05, 3.63) is 57.3 Å². The van der Waals surface area contributed by atoms with Crippen molar-refractivity contribution >= 4 is 23.4 Å². The highest BCUT2D eigenvalue weighted by Gasteiger charge is 2.11. The van der Waals surface area contributed by atoms with Crippen LogP contribution in [0.25, 0.3) is 6.08 Å². The first-order valence-corrected chi connectivity index (χ1v) is 5.36. The Labute approximate surface area is 104 Å². The first kappa shape index (κ1) is 13.3. The van der Waals surface area contributed by atoms with Gasteiger partial charge in [0.1, 0.15) is 6.61 Å². The number of benzene rings is 1. The van der Waals surface area contributed by atoms with Crippen molar-refractivity contribution in [3.63, 3.8) is 0 Å². The second-order valence-corrected chi connectivity index (χ2v) is 3.60. The number of nitro groups is 1. The number of nitrogens with zero attached hydrogens (tertiary/aromatic N) is 1. The average molecular weight is 254 g/mol. The predicted octanol–water partition coefficient (Wildman–Crippen LogP) is 3.81. The molecule has 0 fully saturated rings. The lowest BCUT2D eigenvalue weighted by Crippen LogP contribution is -1.91. The van der Waals surface area contributed by atoms with Gasteiger partial charge in [0, 0.05) is 11.1 Å². The number of rotatable bonds is 5. The molecule has 0 spiro atoms. The van der Waals surface area contributed by atoms with Gasteiger partial charge in [-0.15, -0.1) is 0 Å². The summed E-state index contributed by atoms with van der Waals surface area (Å²) in [4.78, 5) is 10.3. The molecule has 0 saturated carbocycles. The summed E-state index contributed by atoms with van der Waals surface area (Å²) in [5.74, 6) is 0. The molecule has 4 nitrogen and oxygen atoms in total. The summed E-state index contributed by atoms with van der Waals surface area (Å²) in [5, 5.41) is 11.2. The largest absolute Gasteiger partial charge is 0.497 e. The SMILES string of the molecule is C/C=C/CO/C=C/c1cc(Cl)ccc1[N+](=O)[O-]. The summed E-state index contributed by atoms with van der Waals surface area (Å²) in [6, 6.07) is 4.38. The standard InChI is InChI=1S/C12H12ClNO3/c1-2-3-7-17-8-6-10-9-11(13)4-5-12(10)14(15)16/h2-6,8-9H,7H2,1H3/b3-2+,8-6+. The number of ether oxygens (including phenoxy) is 1. The van der Waals surface area contributed by atoms with Crippen LogP contribution in [-0.2, 0) is 4.74 Å². The minimum Gasteiger partial charge on any atom is -0.497 e. The topological polar surface area (TPSA) is 52.4 Å². The number of halogens is 1. The lowest BCUT2D eigenvalue weighted by Gasteiger charge is -1.98. The summed E-state index contributed by atoms with van der Waals surface area (Å²) in [6.07, 6.45) is 6.62. The first-order valence-electron chi connectivity index (χ1n) is 4.98. The van der Waals surface area contributed by atoms with Crippen LogP contribution in [0.4, 0.5) is 5.69 Å². The molecule has 0 saturated heterocycles. The second kappa shape index (κ2) is 6.70. The quantitative estimate of drug-likeness (QED) is 0.264. The molecule has 0 atom stereocenters. The van der Waals surface area contributed by atoms with E-state index in [9.17, 15) is 10.1 Å². The van der Waals surface area contributed by atoms with Crippen molar-refractivity contribution in [1.82, 2.24) is 0 Å². The number of hydrogen-bond acceptors (Lipinski definition) is 3. The molecular weight excluding hydrogens is 242 g/mol. The zero-order valence-corrected chi connectivity index (χ0v) is 10.1. The van der Waals surface area contributed by atoms with Gasteiger partial charge in [-0.25, -0.2) is 0 Å². The lowest BCUT2D eigenvalue weighted by atomic mass is 10.2. The van der Waals surface area contributed by atoms with E-state index >= 15 is 0 Å². The summed E-state index contributed by atoms with van der Waals surface area (Å²) < 4.78 is 5.12. The van der Waals surface area contributed by atoms with Crippen LogP contribution in [0.2, 0.25) is 5.02 Å². The molecule has 0 unspecified atom stereocenters. The van der Waals surface area contributed by atoms with Crippen molar-refractivity contribution in [2.45, 2.75) is 6.92 Å². The van der Waals surface area contributed by atoms with E-state index in [0.717, 1.165) is 0 Å². The first-order chi connectivity index (χ1) is 8.15. The fraction of sp³-hybridized carbons (Fsp3) is 0.167. The van der Waals surface area contributed by atoms with Crippen LogP contribution >= 0.6 is 11.6 Å². The molecular formula is C12H12ClNO3. The minimum atomic E-state index is -0.456. The molecule has 1 rings (SSSR count). The fourth-order valence-electron chi connectivity index (χ4n) is 1.15. The van der Waals surface area contributed by atoms with E-state index in [4.69, 9.17) is 16.3 Å². The van der Waals surface area contributed by atoms with E-state index in [1.54, 1.807) is 0 Å². The number of hydrogen-bond donors (Lipinski definition) is 0. The second-order valence-electron chi connectivity index (χ2n) is 3.17. The van der Waals surface area contributed by atoms with Crippen molar-refractivity contribution in [1.29, 1.82) is 0 Å². The van der Waals surface area contributed by atoms with Gasteiger partial charge in [-0.05, 0) is 25.1 Å². The van der Waals surface area contributed by atoms with E-state index < -0.39 is 4.92 Å². The molecule has 0 amide bonds. The molecule has 0 heterocycles. The molecule has 1 aromatic carbocycles. The van der Waals surface area contributed by atoms with E-state index in [-0.39, 0.29) is 5.69 Å². The molecule has 17 heavy (non-hydrogen) atoms. The van der Waals surface area contributed by atoms with Crippen molar-refractivity contribution in [3.8, 4) is 0 Å². The summed E-state index contributed by atoms with van der Waals surface area (Å²) in [7, 11) is 0. The maximum absolute atomic E-state index is 10.7. The van der Waals surface area contributed by atoms with Crippen LogP contribution < -0.4 is 0 Å². The predicted molar refractivity (Wildman–Crippen MR) is 67.9 cm³/mol. The average Bonchev–Trinajstić information content (AvgIpc) is 2.28. The molecule has 0 aliphatic rings. The third-order valence-electron chi connectivity index (χ3n) is 1.96. The normalized spacial score (nSPS) is 11.2. The molecule has 90 valence electrons. The monoisotopic (exact) mass is 253 g/mol. The van der Waals surface area contributed by atoms with Gasteiger partial charge in [-0.3, -0.25) is 10.1 Å². The van der Waals surface area contributed by atoms with Crippen molar-refractivity contribution in [2.75, 3.05) is 6.61 Å². The maximum Gasteiger partial charge on any atom is 0.276 e. The molecule has 0 bridgehead atoms. The van der Waals surface area contributed by atoms with Crippen LogP contribution in [0.15, 0.2) is 36.6 Å². The Morgan fingerprint density at radius 2 is 2.29 bits per heavy atom. The van der Waals surface area contributed by atoms with E-state index in [0.29, 0.717) is 17.2 Å². The number of allylic oxidation sites excluding steroid dienone is 1. The molecule has 0 aliphatic carbocycles. The highest BCUT2D eigenvalue weighted by molar-refractivity contribution is 6.30. The van der Waals surface area contributed by atoms with Gasteiger partial charge < -0.3 is 4.74 Å². The van der Waals surface area contributed by atoms with Gasteiger partial charge in [0.15, 0.2) is 0 Å².